The fraction of sp³-hybridized carbons (Fsp3) is 0.176. The highest BCUT2D eigenvalue weighted by Crippen LogP contribution is 2.20. The zero-order chi connectivity index (χ0) is 16.5. The number of hydrazone groups is 1. The Balaban J connectivity index is 1.84. The normalized spacial score (nSPS) is 10.7. The summed E-state index contributed by atoms with van der Waals surface area (Å²) >= 11 is 6.47. The predicted octanol–water partition coefficient (Wildman–Crippen LogP) is 3.33. The quantitative estimate of drug-likeness (QED) is 0.265. The van der Waals surface area contributed by atoms with Gasteiger partial charge in [-0.2, -0.15) is 5.10 Å². The van der Waals surface area contributed by atoms with Gasteiger partial charge in [-0.05, 0) is 43.4 Å². The third-order valence-electron chi connectivity index (χ3n) is 2.93. The molecular formula is C17H19N3OS2. The molecule has 0 spiro atoms. The number of hydrogen-bond donors (Lipinski definition) is 2. The highest BCUT2D eigenvalue weighted by atomic mass is 32.2. The highest BCUT2D eigenvalue weighted by Gasteiger charge is 2.01. The van der Waals surface area contributed by atoms with Crippen LogP contribution in [0.1, 0.15) is 11.1 Å². The number of thiocarbonyl (C=S) groups is 1. The number of thioether (sulfide) groups is 1. The first-order valence-electron chi connectivity index (χ1n) is 7.15. The van der Waals surface area contributed by atoms with Crippen LogP contribution in [0.4, 0.5) is 0 Å². The van der Waals surface area contributed by atoms with E-state index in [1.54, 1.807) is 18.0 Å². The fourth-order valence-corrected chi connectivity index (χ4v) is 2.61. The minimum atomic E-state index is 0.133. The molecule has 0 aromatic heterocycles. The number of nitrogens with zero attached hydrogens (tertiary/aromatic N) is 1. The molecule has 2 aromatic carbocycles. The standard InChI is InChI=1S/C17H19N3OS2/c1-13-6-8-15(9-7-13)23-11-10-21-16-5-3-2-4-14(16)12-19-20-17(18)22/h2-9,12H,10-11H2,1H3,(H3,18,20,22). The lowest BCUT2D eigenvalue weighted by atomic mass is 10.2. The Hall–Kier alpha value is -2.05. The molecule has 0 radical (unpaired) electrons. The molecule has 0 fully saturated rings. The van der Waals surface area contributed by atoms with Crippen molar-refractivity contribution in [2.24, 2.45) is 10.8 Å². The molecule has 120 valence electrons. The van der Waals surface area contributed by atoms with Crippen molar-refractivity contribution in [3.63, 3.8) is 0 Å². The zero-order valence-electron chi connectivity index (χ0n) is 12.9. The fourth-order valence-electron chi connectivity index (χ4n) is 1.83. The van der Waals surface area contributed by atoms with Gasteiger partial charge < -0.3 is 10.5 Å². The first-order valence-corrected chi connectivity index (χ1v) is 8.54. The van der Waals surface area contributed by atoms with Gasteiger partial charge in [-0.15, -0.1) is 11.8 Å². The van der Waals surface area contributed by atoms with Crippen LogP contribution < -0.4 is 15.9 Å². The smallest absolute Gasteiger partial charge is 0.184 e. The molecule has 2 aromatic rings. The third kappa shape index (κ3) is 6.30. The highest BCUT2D eigenvalue weighted by molar-refractivity contribution is 7.99. The number of rotatable bonds is 7. The van der Waals surface area contributed by atoms with Crippen LogP contribution in [-0.4, -0.2) is 23.7 Å². The van der Waals surface area contributed by atoms with E-state index in [2.05, 4.69) is 41.7 Å². The maximum absolute atomic E-state index is 5.84. The number of para-hydroxylation sites is 1. The molecule has 0 aliphatic heterocycles. The average Bonchev–Trinajstić information content (AvgIpc) is 2.54. The van der Waals surface area contributed by atoms with Gasteiger partial charge in [0, 0.05) is 16.2 Å². The molecule has 6 heteroatoms. The number of ether oxygens (including phenoxy) is 1. The Labute approximate surface area is 146 Å². The average molecular weight is 345 g/mol. The SMILES string of the molecule is Cc1ccc(SCCOc2ccccc2C=NNC(N)=S)cc1. The molecule has 0 heterocycles. The first-order chi connectivity index (χ1) is 11.1. The molecule has 0 saturated carbocycles. The minimum absolute atomic E-state index is 0.133. The van der Waals surface area contributed by atoms with Gasteiger partial charge in [-0.1, -0.05) is 29.8 Å². The van der Waals surface area contributed by atoms with Gasteiger partial charge in [0.25, 0.3) is 0 Å². The molecule has 0 unspecified atom stereocenters. The van der Waals surface area contributed by atoms with Gasteiger partial charge in [0.2, 0.25) is 0 Å². The van der Waals surface area contributed by atoms with Crippen LogP contribution in [0.15, 0.2) is 58.5 Å². The van der Waals surface area contributed by atoms with Crippen molar-refractivity contribution in [1.82, 2.24) is 5.43 Å². The van der Waals surface area contributed by atoms with Crippen molar-refractivity contribution in [2.75, 3.05) is 12.4 Å². The second-order valence-electron chi connectivity index (χ2n) is 4.78. The molecule has 0 amide bonds. The van der Waals surface area contributed by atoms with Crippen LogP contribution >= 0.6 is 24.0 Å². The second kappa shape index (κ2) is 9.17. The second-order valence-corrected chi connectivity index (χ2v) is 6.39. The first kappa shape index (κ1) is 17.3. The van der Waals surface area contributed by atoms with E-state index in [4.69, 9.17) is 22.7 Å². The van der Waals surface area contributed by atoms with E-state index < -0.39 is 0 Å². The van der Waals surface area contributed by atoms with E-state index in [9.17, 15) is 0 Å². The summed E-state index contributed by atoms with van der Waals surface area (Å²) in [5.74, 6) is 1.66. The van der Waals surface area contributed by atoms with Crippen molar-refractivity contribution in [3.8, 4) is 5.75 Å². The Morgan fingerprint density at radius 1 is 1.26 bits per heavy atom. The molecule has 0 atom stereocenters. The summed E-state index contributed by atoms with van der Waals surface area (Å²) < 4.78 is 5.84. The van der Waals surface area contributed by atoms with Crippen molar-refractivity contribution in [2.45, 2.75) is 11.8 Å². The van der Waals surface area contributed by atoms with Crippen molar-refractivity contribution < 1.29 is 4.74 Å². The number of aryl methyl sites for hydroxylation is 1. The molecule has 0 bridgehead atoms. The van der Waals surface area contributed by atoms with Gasteiger partial charge in [0.1, 0.15) is 5.75 Å². The third-order valence-corrected chi connectivity index (χ3v) is 4.00. The number of nitrogens with two attached hydrogens (primary N) is 1. The molecule has 0 saturated heterocycles. The van der Waals surface area contributed by atoms with Gasteiger partial charge in [0.15, 0.2) is 5.11 Å². The molecule has 23 heavy (non-hydrogen) atoms. The van der Waals surface area contributed by atoms with Crippen LogP contribution in [0.2, 0.25) is 0 Å². The summed E-state index contributed by atoms with van der Waals surface area (Å²) in [6.07, 6.45) is 1.64. The van der Waals surface area contributed by atoms with Crippen LogP contribution in [-0.2, 0) is 0 Å². The van der Waals surface area contributed by atoms with Gasteiger partial charge in [0.05, 0.1) is 12.8 Å². The Kier molecular flexibility index (Phi) is 6.90. The Bertz CT molecular complexity index is 672. The Morgan fingerprint density at radius 3 is 2.74 bits per heavy atom. The lowest BCUT2D eigenvalue weighted by molar-refractivity contribution is 0.343. The lowest BCUT2D eigenvalue weighted by Crippen LogP contribution is -2.24. The van der Waals surface area contributed by atoms with Crippen LogP contribution in [0.3, 0.4) is 0 Å². The number of hydrogen-bond acceptors (Lipinski definition) is 4. The molecule has 0 aliphatic rings. The predicted molar refractivity (Wildman–Crippen MR) is 101 cm³/mol. The summed E-state index contributed by atoms with van der Waals surface area (Å²) in [4.78, 5) is 1.25. The molecular weight excluding hydrogens is 326 g/mol. The van der Waals surface area contributed by atoms with E-state index in [-0.39, 0.29) is 5.11 Å². The summed E-state index contributed by atoms with van der Waals surface area (Å²) in [7, 11) is 0. The van der Waals surface area contributed by atoms with E-state index in [0.29, 0.717) is 6.61 Å². The van der Waals surface area contributed by atoms with E-state index in [1.165, 1.54) is 10.5 Å². The molecule has 3 N–H and O–H groups in total. The maximum atomic E-state index is 5.84. The Morgan fingerprint density at radius 2 is 2.00 bits per heavy atom. The van der Waals surface area contributed by atoms with Crippen molar-refractivity contribution >= 4 is 35.3 Å². The maximum Gasteiger partial charge on any atom is 0.184 e. The van der Waals surface area contributed by atoms with Gasteiger partial charge in [-0.3, -0.25) is 5.43 Å². The lowest BCUT2D eigenvalue weighted by Gasteiger charge is -2.09. The van der Waals surface area contributed by atoms with E-state index >= 15 is 0 Å². The van der Waals surface area contributed by atoms with Gasteiger partial charge >= 0.3 is 0 Å². The van der Waals surface area contributed by atoms with Crippen LogP contribution in [0.5, 0.6) is 5.75 Å². The molecule has 2 rings (SSSR count). The number of benzene rings is 2. The largest absolute Gasteiger partial charge is 0.492 e. The van der Waals surface area contributed by atoms with Crippen molar-refractivity contribution in [1.29, 1.82) is 0 Å². The summed E-state index contributed by atoms with van der Waals surface area (Å²) in [6, 6.07) is 16.2. The molecule has 0 aliphatic carbocycles. The van der Waals surface area contributed by atoms with Crippen LogP contribution in [0, 0.1) is 6.92 Å². The summed E-state index contributed by atoms with van der Waals surface area (Å²) in [6.45, 7) is 2.70. The van der Waals surface area contributed by atoms with Crippen molar-refractivity contribution in [3.05, 3.63) is 59.7 Å². The summed E-state index contributed by atoms with van der Waals surface area (Å²) in [5, 5.41) is 4.09. The molecule has 4 nitrogen and oxygen atoms in total. The van der Waals surface area contributed by atoms with E-state index in [1.807, 2.05) is 24.3 Å². The number of nitrogens with one attached hydrogen (secondary N) is 1. The monoisotopic (exact) mass is 345 g/mol. The minimum Gasteiger partial charge on any atom is -0.492 e. The van der Waals surface area contributed by atoms with Gasteiger partial charge in [-0.25, -0.2) is 0 Å². The topological polar surface area (TPSA) is 59.6 Å². The zero-order valence-corrected chi connectivity index (χ0v) is 14.5. The van der Waals surface area contributed by atoms with E-state index in [0.717, 1.165) is 17.1 Å². The summed E-state index contributed by atoms with van der Waals surface area (Å²) in [5.41, 5.74) is 10.0. The van der Waals surface area contributed by atoms with Crippen LogP contribution in [0.25, 0.3) is 0 Å².